The predicted molar refractivity (Wildman–Crippen MR) is 81.3 cm³/mol. The predicted octanol–water partition coefficient (Wildman–Crippen LogP) is 3.37. The average Bonchev–Trinajstić information content (AvgIpc) is 3.32. The van der Waals surface area contributed by atoms with Crippen molar-refractivity contribution in [3.8, 4) is 5.75 Å². The lowest BCUT2D eigenvalue weighted by Crippen LogP contribution is -2.29. The molecule has 1 atom stereocenters. The van der Waals surface area contributed by atoms with Crippen LogP contribution in [0.1, 0.15) is 44.3 Å². The first-order valence-electron chi connectivity index (χ1n) is 7.79. The standard InChI is InChI=1S/C17H25NO2/c1-12(19)17-15(4-3-5-16(17)20-2)18(10-13-6-7-13)11-14-8-9-14/h3-5,12-14,19H,6-11H2,1-2H3/t12-/m1/s1. The lowest BCUT2D eigenvalue weighted by Gasteiger charge is -2.29. The van der Waals surface area contributed by atoms with E-state index in [1.807, 2.05) is 19.1 Å². The molecule has 0 bridgehead atoms. The summed E-state index contributed by atoms with van der Waals surface area (Å²) < 4.78 is 5.45. The Balaban J connectivity index is 1.90. The molecule has 3 rings (SSSR count). The highest BCUT2D eigenvalue weighted by atomic mass is 16.5. The van der Waals surface area contributed by atoms with Crippen LogP contribution in [0.15, 0.2) is 18.2 Å². The molecule has 110 valence electrons. The van der Waals surface area contributed by atoms with Gasteiger partial charge in [0.05, 0.1) is 13.2 Å². The van der Waals surface area contributed by atoms with Gasteiger partial charge in [0.1, 0.15) is 5.75 Å². The van der Waals surface area contributed by atoms with Gasteiger partial charge in [0.25, 0.3) is 0 Å². The Labute approximate surface area is 121 Å². The molecule has 2 saturated carbocycles. The van der Waals surface area contributed by atoms with Crippen molar-refractivity contribution in [2.24, 2.45) is 11.8 Å². The van der Waals surface area contributed by atoms with E-state index in [0.29, 0.717) is 0 Å². The van der Waals surface area contributed by atoms with Gasteiger partial charge < -0.3 is 14.7 Å². The summed E-state index contributed by atoms with van der Waals surface area (Å²) in [5.41, 5.74) is 2.11. The van der Waals surface area contributed by atoms with Crippen LogP contribution in [0.5, 0.6) is 5.75 Å². The van der Waals surface area contributed by atoms with E-state index >= 15 is 0 Å². The Morgan fingerprint density at radius 2 is 1.80 bits per heavy atom. The number of benzene rings is 1. The molecule has 0 aromatic heterocycles. The summed E-state index contributed by atoms with van der Waals surface area (Å²) in [6.07, 6.45) is 4.93. The van der Waals surface area contributed by atoms with E-state index < -0.39 is 6.10 Å². The number of hydrogen-bond donors (Lipinski definition) is 1. The molecule has 1 aromatic carbocycles. The fourth-order valence-electron chi connectivity index (χ4n) is 2.90. The lowest BCUT2D eigenvalue weighted by molar-refractivity contribution is 0.194. The van der Waals surface area contributed by atoms with Gasteiger partial charge in [0, 0.05) is 24.3 Å². The second-order valence-electron chi connectivity index (χ2n) is 6.36. The third-order valence-electron chi connectivity index (χ3n) is 4.37. The summed E-state index contributed by atoms with van der Waals surface area (Å²) in [7, 11) is 1.68. The van der Waals surface area contributed by atoms with E-state index in [0.717, 1.165) is 41.9 Å². The monoisotopic (exact) mass is 275 g/mol. The Morgan fingerprint density at radius 3 is 2.25 bits per heavy atom. The zero-order chi connectivity index (χ0) is 14.1. The minimum atomic E-state index is -0.498. The first-order chi connectivity index (χ1) is 9.69. The molecule has 0 radical (unpaired) electrons. The summed E-state index contributed by atoms with van der Waals surface area (Å²) in [6.45, 7) is 4.08. The molecule has 3 heteroatoms. The van der Waals surface area contributed by atoms with Crippen molar-refractivity contribution in [1.82, 2.24) is 0 Å². The van der Waals surface area contributed by atoms with Crippen LogP contribution in [0.2, 0.25) is 0 Å². The fraction of sp³-hybridized carbons (Fsp3) is 0.647. The van der Waals surface area contributed by atoms with Crippen molar-refractivity contribution < 1.29 is 9.84 Å². The van der Waals surface area contributed by atoms with Crippen LogP contribution >= 0.6 is 0 Å². The summed E-state index contributed by atoms with van der Waals surface area (Å²) >= 11 is 0. The van der Waals surface area contributed by atoms with Gasteiger partial charge in [-0.3, -0.25) is 0 Å². The Kier molecular flexibility index (Phi) is 3.88. The Hall–Kier alpha value is -1.22. The highest BCUT2D eigenvalue weighted by molar-refractivity contribution is 5.60. The number of anilines is 1. The fourth-order valence-corrected chi connectivity index (χ4v) is 2.90. The quantitative estimate of drug-likeness (QED) is 0.828. The maximum absolute atomic E-state index is 10.2. The van der Waals surface area contributed by atoms with Crippen LogP contribution in [0.4, 0.5) is 5.69 Å². The van der Waals surface area contributed by atoms with Gasteiger partial charge in [-0.05, 0) is 56.6 Å². The van der Waals surface area contributed by atoms with Crippen molar-refractivity contribution in [2.75, 3.05) is 25.1 Å². The van der Waals surface area contributed by atoms with Gasteiger partial charge in [-0.25, -0.2) is 0 Å². The number of aliphatic hydroxyl groups is 1. The SMILES string of the molecule is COc1cccc(N(CC2CC2)CC2CC2)c1[C@@H](C)O. The van der Waals surface area contributed by atoms with Crippen LogP contribution in [-0.4, -0.2) is 25.3 Å². The van der Waals surface area contributed by atoms with Crippen molar-refractivity contribution in [2.45, 2.75) is 38.7 Å². The molecule has 0 aliphatic heterocycles. The third kappa shape index (κ3) is 3.09. The van der Waals surface area contributed by atoms with E-state index in [2.05, 4.69) is 11.0 Å². The molecule has 20 heavy (non-hydrogen) atoms. The van der Waals surface area contributed by atoms with Crippen molar-refractivity contribution >= 4 is 5.69 Å². The van der Waals surface area contributed by atoms with Crippen LogP contribution < -0.4 is 9.64 Å². The van der Waals surface area contributed by atoms with Crippen LogP contribution in [-0.2, 0) is 0 Å². The number of hydrogen-bond acceptors (Lipinski definition) is 3. The van der Waals surface area contributed by atoms with Gasteiger partial charge >= 0.3 is 0 Å². The van der Waals surface area contributed by atoms with Gasteiger partial charge in [0.2, 0.25) is 0 Å². The minimum Gasteiger partial charge on any atom is -0.496 e. The van der Waals surface area contributed by atoms with Gasteiger partial charge in [0.15, 0.2) is 0 Å². The smallest absolute Gasteiger partial charge is 0.126 e. The summed E-state index contributed by atoms with van der Waals surface area (Å²) in [4.78, 5) is 2.49. The number of rotatable bonds is 7. The van der Waals surface area contributed by atoms with Gasteiger partial charge in [-0.2, -0.15) is 0 Å². The first kappa shape index (κ1) is 13.7. The zero-order valence-electron chi connectivity index (χ0n) is 12.5. The van der Waals surface area contributed by atoms with E-state index in [1.54, 1.807) is 7.11 Å². The molecule has 3 nitrogen and oxygen atoms in total. The second-order valence-corrected chi connectivity index (χ2v) is 6.36. The molecule has 0 heterocycles. The second kappa shape index (κ2) is 5.65. The van der Waals surface area contributed by atoms with Crippen molar-refractivity contribution in [3.63, 3.8) is 0 Å². The summed E-state index contributed by atoms with van der Waals surface area (Å²) in [6, 6.07) is 6.11. The molecule has 0 spiro atoms. The largest absolute Gasteiger partial charge is 0.496 e. The average molecular weight is 275 g/mol. The highest BCUT2D eigenvalue weighted by Crippen LogP contribution is 2.40. The Bertz CT molecular complexity index is 450. The molecular formula is C17H25NO2. The molecule has 0 saturated heterocycles. The normalized spacial score (nSPS) is 19.8. The summed E-state index contributed by atoms with van der Waals surface area (Å²) in [5, 5.41) is 10.2. The molecule has 0 amide bonds. The van der Waals surface area contributed by atoms with E-state index in [4.69, 9.17) is 4.74 Å². The topological polar surface area (TPSA) is 32.7 Å². The van der Waals surface area contributed by atoms with Gasteiger partial charge in [-0.15, -0.1) is 0 Å². The highest BCUT2D eigenvalue weighted by Gasteiger charge is 2.31. The third-order valence-corrected chi connectivity index (χ3v) is 4.37. The van der Waals surface area contributed by atoms with Crippen molar-refractivity contribution in [3.05, 3.63) is 23.8 Å². The van der Waals surface area contributed by atoms with E-state index in [-0.39, 0.29) is 0 Å². The maximum atomic E-state index is 10.2. The molecule has 1 aromatic rings. The Morgan fingerprint density at radius 1 is 1.20 bits per heavy atom. The lowest BCUT2D eigenvalue weighted by atomic mass is 10.0. The zero-order valence-corrected chi connectivity index (χ0v) is 12.5. The number of ether oxygens (including phenoxy) is 1. The number of aliphatic hydroxyl groups excluding tert-OH is 1. The molecule has 2 fully saturated rings. The van der Waals surface area contributed by atoms with E-state index in [9.17, 15) is 5.11 Å². The molecular weight excluding hydrogens is 250 g/mol. The first-order valence-corrected chi connectivity index (χ1v) is 7.79. The van der Waals surface area contributed by atoms with Gasteiger partial charge in [-0.1, -0.05) is 6.07 Å². The molecule has 1 N–H and O–H groups in total. The number of methoxy groups -OCH3 is 1. The van der Waals surface area contributed by atoms with Crippen LogP contribution in [0, 0.1) is 11.8 Å². The van der Waals surface area contributed by atoms with Crippen LogP contribution in [0.3, 0.4) is 0 Å². The van der Waals surface area contributed by atoms with Crippen molar-refractivity contribution in [1.29, 1.82) is 0 Å². The van der Waals surface area contributed by atoms with Crippen LogP contribution in [0.25, 0.3) is 0 Å². The summed E-state index contributed by atoms with van der Waals surface area (Å²) in [5.74, 6) is 2.50. The van der Waals surface area contributed by atoms with E-state index in [1.165, 1.54) is 25.7 Å². The number of nitrogens with zero attached hydrogens (tertiary/aromatic N) is 1. The maximum Gasteiger partial charge on any atom is 0.126 e. The molecule has 0 unspecified atom stereocenters. The molecule has 2 aliphatic carbocycles. The molecule has 2 aliphatic rings. The minimum absolute atomic E-state index is 0.498.